The van der Waals surface area contributed by atoms with E-state index in [2.05, 4.69) is 20.8 Å². The van der Waals surface area contributed by atoms with Crippen molar-refractivity contribution < 1.29 is 19.4 Å². The number of amides is 1. The Morgan fingerprint density at radius 2 is 1.78 bits per heavy atom. The van der Waals surface area contributed by atoms with E-state index in [4.69, 9.17) is 16.3 Å². The minimum Gasteiger partial charge on any atom is -0.507 e. The van der Waals surface area contributed by atoms with Crippen molar-refractivity contribution >= 4 is 34.7 Å². The van der Waals surface area contributed by atoms with Crippen molar-refractivity contribution in [3.05, 3.63) is 99.1 Å². The number of rotatable bonds is 3. The average Bonchev–Trinajstić information content (AvgIpc) is 3.14. The first-order valence-electron chi connectivity index (χ1n) is 12.5. The van der Waals surface area contributed by atoms with E-state index >= 15 is 0 Å². The Bertz CT molecular complexity index is 1430. The van der Waals surface area contributed by atoms with Gasteiger partial charge < -0.3 is 9.84 Å². The maximum atomic E-state index is 13.5. The summed E-state index contributed by atoms with van der Waals surface area (Å²) in [6.45, 7) is 8.86. The summed E-state index contributed by atoms with van der Waals surface area (Å²) in [5.74, 6) is -0.834. The van der Waals surface area contributed by atoms with Crippen molar-refractivity contribution in [1.82, 2.24) is 0 Å². The molecule has 2 heterocycles. The van der Waals surface area contributed by atoms with Gasteiger partial charge in [0, 0.05) is 16.3 Å². The minimum absolute atomic E-state index is 0.0598. The first kappa shape index (κ1) is 25.1. The van der Waals surface area contributed by atoms with Gasteiger partial charge in [0.1, 0.15) is 11.5 Å². The van der Waals surface area contributed by atoms with Crippen LogP contribution in [-0.4, -0.2) is 23.4 Å². The smallest absolute Gasteiger partial charge is 0.300 e. The van der Waals surface area contributed by atoms with Crippen LogP contribution in [0.5, 0.6) is 5.75 Å². The summed E-state index contributed by atoms with van der Waals surface area (Å²) >= 11 is 6.41. The number of carbonyl (C=O) groups excluding carboxylic acids is 2. The number of Topliss-reactive ketones (excluding diaryl/α,β-unsaturated/α-hetero) is 1. The monoisotopic (exact) mass is 515 g/mol. The molecule has 3 aromatic rings. The number of anilines is 1. The summed E-state index contributed by atoms with van der Waals surface area (Å²) in [6.07, 6.45) is 1.71. The zero-order valence-electron chi connectivity index (χ0n) is 21.5. The molecule has 0 aromatic heterocycles. The average molecular weight is 516 g/mol. The number of aliphatic hydroxyl groups is 1. The molecule has 190 valence electrons. The lowest BCUT2D eigenvalue weighted by atomic mass is 9.85. The highest BCUT2D eigenvalue weighted by molar-refractivity contribution is 6.52. The molecule has 2 aliphatic heterocycles. The zero-order valence-corrected chi connectivity index (χ0v) is 22.2. The second kappa shape index (κ2) is 9.38. The molecule has 37 heavy (non-hydrogen) atoms. The van der Waals surface area contributed by atoms with Crippen LogP contribution in [0.3, 0.4) is 0 Å². The number of hydrogen-bond acceptors (Lipinski definition) is 4. The molecule has 1 atom stereocenters. The van der Waals surface area contributed by atoms with E-state index in [0.29, 0.717) is 28.4 Å². The number of ether oxygens (including phenoxy) is 1. The summed E-state index contributed by atoms with van der Waals surface area (Å²) < 4.78 is 5.71. The number of hydrogen-bond donors (Lipinski definition) is 1. The van der Waals surface area contributed by atoms with Crippen LogP contribution in [0.4, 0.5) is 5.69 Å². The van der Waals surface area contributed by atoms with Gasteiger partial charge in [0.15, 0.2) is 0 Å². The predicted molar refractivity (Wildman–Crippen MR) is 146 cm³/mol. The molecule has 0 aliphatic carbocycles. The van der Waals surface area contributed by atoms with Crippen LogP contribution in [0.1, 0.15) is 61.1 Å². The number of ketones is 1. The van der Waals surface area contributed by atoms with Crippen LogP contribution in [0.25, 0.3) is 5.76 Å². The second-order valence-electron chi connectivity index (χ2n) is 10.7. The Kier molecular flexibility index (Phi) is 6.36. The number of aryl methyl sites for hydroxylation is 1. The quantitative estimate of drug-likeness (QED) is 0.234. The molecule has 0 bridgehead atoms. The molecule has 2 aliphatic rings. The Balaban J connectivity index is 1.71. The molecular weight excluding hydrogens is 486 g/mol. The topological polar surface area (TPSA) is 66.8 Å². The maximum absolute atomic E-state index is 13.5. The molecule has 1 saturated heterocycles. The van der Waals surface area contributed by atoms with Crippen LogP contribution in [-0.2, 0) is 21.4 Å². The molecule has 0 saturated carbocycles. The predicted octanol–water partition coefficient (Wildman–Crippen LogP) is 6.90. The van der Waals surface area contributed by atoms with E-state index in [9.17, 15) is 14.7 Å². The lowest BCUT2D eigenvalue weighted by molar-refractivity contribution is -0.132. The van der Waals surface area contributed by atoms with Crippen molar-refractivity contribution in [3.63, 3.8) is 0 Å². The summed E-state index contributed by atoms with van der Waals surface area (Å²) in [5, 5.41) is 12.0. The molecule has 1 unspecified atom stereocenters. The van der Waals surface area contributed by atoms with E-state index in [1.54, 1.807) is 24.3 Å². The van der Waals surface area contributed by atoms with Crippen LogP contribution < -0.4 is 9.64 Å². The number of carbonyl (C=O) groups is 2. The SMILES string of the molecule is Cc1c(Cl)cccc1N1C(=O)C(=O)/C(=C(\O)c2ccc3c(c2)CCCO3)C1c1ccc(C(C)(C)C)cc1. The van der Waals surface area contributed by atoms with E-state index < -0.39 is 17.7 Å². The van der Waals surface area contributed by atoms with Gasteiger partial charge in [-0.25, -0.2) is 0 Å². The van der Waals surface area contributed by atoms with Crippen LogP contribution in [0.15, 0.2) is 66.2 Å². The van der Waals surface area contributed by atoms with Gasteiger partial charge in [-0.15, -0.1) is 0 Å². The Morgan fingerprint density at radius 1 is 1.05 bits per heavy atom. The fourth-order valence-corrected chi connectivity index (χ4v) is 5.25. The molecule has 3 aromatic carbocycles. The van der Waals surface area contributed by atoms with Gasteiger partial charge in [-0.1, -0.05) is 62.7 Å². The maximum Gasteiger partial charge on any atom is 0.300 e. The lowest BCUT2D eigenvalue weighted by Crippen LogP contribution is -2.30. The van der Waals surface area contributed by atoms with Gasteiger partial charge in [0.05, 0.1) is 18.2 Å². The molecule has 5 nitrogen and oxygen atoms in total. The number of benzene rings is 3. The van der Waals surface area contributed by atoms with Gasteiger partial charge in [0.25, 0.3) is 11.7 Å². The van der Waals surface area contributed by atoms with E-state index in [1.165, 1.54) is 4.90 Å². The van der Waals surface area contributed by atoms with Gasteiger partial charge in [-0.05, 0) is 77.8 Å². The molecule has 0 spiro atoms. The van der Waals surface area contributed by atoms with E-state index in [1.807, 2.05) is 43.3 Å². The molecule has 6 heteroatoms. The summed E-state index contributed by atoms with van der Waals surface area (Å²) in [7, 11) is 0. The number of fused-ring (bicyclic) bond motifs is 1. The third-order valence-corrected chi connectivity index (χ3v) is 7.63. The number of aliphatic hydroxyl groups excluding tert-OH is 1. The molecule has 1 N–H and O–H groups in total. The molecule has 1 fully saturated rings. The summed E-state index contributed by atoms with van der Waals surface area (Å²) in [5.41, 5.74) is 4.55. The van der Waals surface area contributed by atoms with Crippen molar-refractivity contribution in [2.24, 2.45) is 0 Å². The fraction of sp³-hybridized carbons (Fsp3) is 0.290. The minimum atomic E-state index is -0.807. The summed E-state index contributed by atoms with van der Waals surface area (Å²) in [4.78, 5) is 28.5. The van der Waals surface area contributed by atoms with Crippen LogP contribution in [0.2, 0.25) is 5.02 Å². The van der Waals surface area contributed by atoms with Gasteiger partial charge in [0.2, 0.25) is 0 Å². The highest BCUT2D eigenvalue weighted by atomic mass is 35.5. The van der Waals surface area contributed by atoms with Crippen molar-refractivity contribution in [1.29, 1.82) is 0 Å². The Labute approximate surface area is 222 Å². The van der Waals surface area contributed by atoms with Crippen molar-refractivity contribution in [2.45, 2.75) is 52.0 Å². The first-order valence-corrected chi connectivity index (χ1v) is 12.9. The largest absolute Gasteiger partial charge is 0.507 e. The van der Waals surface area contributed by atoms with Crippen molar-refractivity contribution in [2.75, 3.05) is 11.5 Å². The fourth-order valence-electron chi connectivity index (χ4n) is 5.08. The molecular formula is C31H30ClNO4. The van der Waals surface area contributed by atoms with Crippen molar-refractivity contribution in [3.8, 4) is 5.75 Å². The third-order valence-electron chi connectivity index (χ3n) is 7.22. The van der Waals surface area contributed by atoms with E-state index in [-0.39, 0.29) is 16.7 Å². The zero-order chi connectivity index (χ0) is 26.5. The molecule has 1 amide bonds. The standard InChI is InChI=1S/C31H30ClNO4/c1-18-23(32)8-5-9-24(18)33-27(19-10-13-22(14-11-19)31(2,3)4)26(29(35)30(33)36)28(34)21-12-15-25-20(17-21)7-6-16-37-25/h5,8-15,17,27,34H,6-7,16H2,1-4H3/b28-26-. The highest BCUT2D eigenvalue weighted by Gasteiger charge is 2.47. The Morgan fingerprint density at radius 3 is 2.49 bits per heavy atom. The first-order chi connectivity index (χ1) is 17.6. The number of nitrogens with zero attached hydrogens (tertiary/aromatic N) is 1. The molecule has 5 rings (SSSR count). The van der Waals surface area contributed by atoms with E-state index in [0.717, 1.165) is 35.3 Å². The van der Waals surface area contributed by atoms with Gasteiger partial charge >= 0.3 is 0 Å². The van der Waals surface area contributed by atoms with Crippen LogP contribution in [0, 0.1) is 6.92 Å². The van der Waals surface area contributed by atoms with Gasteiger partial charge in [-0.3, -0.25) is 14.5 Å². The highest BCUT2D eigenvalue weighted by Crippen LogP contribution is 2.44. The lowest BCUT2D eigenvalue weighted by Gasteiger charge is -2.28. The van der Waals surface area contributed by atoms with Gasteiger partial charge in [-0.2, -0.15) is 0 Å². The summed E-state index contributed by atoms with van der Waals surface area (Å²) in [6, 6.07) is 17.8. The normalized spacial score (nSPS) is 19.1. The molecule has 0 radical (unpaired) electrons. The van der Waals surface area contributed by atoms with Crippen LogP contribution >= 0.6 is 11.6 Å². The third kappa shape index (κ3) is 4.42. The Hall–Kier alpha value is -3.57. The number of halogens is 1. The second-order valence-corrected chi connectivity index (χ2v) is 11.1.